The van der Waals surface area contributed by atoms with Crippen molar-refractivity contribution in [2.45, 2.75) is 24.7 Å². The Hall–Kier alpha value is -2.34. The first-order chi connectivity index (χ1) is 12.4. The van der Waals surface area contributed by atoms with Gasteiger partial charge in [0.1, 0.15) is 0 Å². The fourth-order valence-electron chi connectivity index (χ4n) is 3.26. The third-order valence-corrected chi connectivity index (χ3v) is 6.62. The number of amides is 1. The van der Waals surface area contributed by atoms with E-state index >= 15 is 0 Å². The standard InChI is InChI=1S/C20H24N2O3S/c1-16-7-6-14-22(15-16)20(23)17-10-12-18(13-11-17)21(2)26(24,25)19-8-4-3-5-9-19/h3-5,8-13,16H,6-7,14-15H2,1-2H3/t16-/m1/s1. The fraction of sp³-hybridized carbons (Fsp3) is 0.350. The highest BCUT2D eigenvalue weighted by atomic mass is 32.2. The van der Waals surface area contributed by atoms with Crippen molar-refractivity contribution < 1.29 is 13.2 Å². The molecular weight excluding hydrogens is 348 g/mol. The largest absolute Gasteiger partial charge is 0.338 e. The normalized spacial score (nSPS) is 17.8. The van der Waals surface area contributed by atoms with Gasteiger partial charge in [-0.05, 0) is 55.2 Å². The van der Waals surface area contributed by atoms with E-state index in [1.807, 2.05) is 4.90 Å². The summed E-state index contributed by atoms with van der Waals surface area (Å²) in [4.78, 5) is 14.8. The Morgan fingerprint density at radius 1 is 1.08 bits per heavy atom. The van der Waals surface area contributed by atoms with E-state index in [9.17, 15) is 13.2 Å². The van der Waals surface area contributed by atoms with Crippen molar-refractivity contribution >= 4 is 21.6 Å². The van der Waals surface area contributed by atoms with Gasteiger partial charge < -0.3 is 4.90 Å². The van der Waals surface area contributed by atoms with Gasteiger partial charge in [-0.1, -0.05) is 25.1 Å². The summed E-state index contributed by atoms with van der Waals surface area (Å²) in [6.07, 6.45) is 2.19. The topological polar surface area (TPSA) is 57.7 Å². The lowest BCUT2D eigenvalue weighted by Crippen LogP contribution is -2.39. The molecule has 1 heterocycles. The molecule has 1 aliphatic heterocycles. The average molecular weight is 372 g/mol. The summed E-state index contributed by atoms with van der Waals surface area (Å²) < 4.78 is 26.6. The summed E-state index contributed by atoms with van der Waals surface area (Å²) in [6, 6.07) is 15.1. The maximum Gasteiger partial charge on any atom is 0.264 e. The van der Waals surface area contributed by atoms with Gasteiger partial charge in [0.25, 0.3) is 15.9 Å². The number of hydrogen-bond donors (Lipinski definition) is 0. The van der Waals surface area contributed by atoms with Crippen LogP contribution in [0.5, 0.6) is 0 Å². The second kappa shape index (κ2) is 7.50. The first-order valence-corrected chi connectivity index (χ1v) is 10.3. The number of anilines is 1. The van der Waals surface area contributed by atoms with E-state index in [4.69, 9.17) is 0 Å². The lowest BCUT2D eigenvalue weighted by atomic mass is 9.99. The third kappa shape index (κ3) is 3.75. The minimum atomic E-state index is -3.61. The van der Waals surface area contributed by atoms with Gasteiger partial charge in [-0.3, -0.25) is 9.10 Å². The minimum Gasteiger partial charge on any atom is -0.338 e. The number of piperidine rings is 1. The molecule has 138 valence electrons. The quantitative estimate of drug-likeness (QED) is 0.827. The van der Waals surface area contributed by atoms with Crippen LogP contribution in [0, 0.1) is 5.92 Å². The van der Waals surface area contributed by atoms with Gasteiger partial charge in [0.05, 0.1) is 10.6 Å². The fourth-order valence-corrected chi connectivity index (χ4v) is 4.48. The molecule has 5 nitrogen and oxygen atoms in total. The molecule has 3 rings (SSSR count). The molecule has 6 heteroatoms. The van der Waals surface area contributed by atoms with Crippen molar-refractivity contribution in [3.05, 3.63) is 60.2 Å². The molecule has 0 N–H and O–H groups in total. The molecule has 26 heavy (non-hydrogen) atoms. The zero-order chi connectivity index (χ0) is 18.7. The van der Waals surface area contributed by atoms with E-state index in [1.54, 1.807) is 54.6 Å². The van der Waals surface area contributed by atoms with Crippen LogP contribution >= 0.6 is 0 Å². The van der Waals surface area contributed by atoms with Gasteiger partial charge in [-0.25, -0.2) is 8.42 Å². The highest BCUT2D eigenvalue weighted by molar-refractivity contribution is 7.92. The predicted octanol–water partition coefficient (Wildman–Crippen LogP) is 3.38. The van der Waals surface area contributed by atoms with E-state index < -0.39 is 10.0 Å². The van der Waals surface area contributed by atoms with Crippen LogP contribution in [0.4, 0.5) is 5.69 Å². The second-order valence-electron chi connectivity index (χ2n) is 6.83. The Morgan fingerprint density at radius 2 is 1.73 bits per heavy atom. The van der Waals surface area contributed by atoms with Crippen molar-refractivity contribution in [3.63, 3.8) is 0 Å². The Bertz CT molecular complexity index is 864. The SMILES string of the molecule is C[C@@H]1CCCN(C(=O)c2ccc(N(C)S(=O)(=O)c3ccccc3)cc2)C1. The highest BCUT2D eigenvalue weighted by Gasteiger charge is 2.23. The van der Waals surface area contributed by atoms with E-state index in [1.165, 1.54) is 11.4 Å². The minimum absolute atomic E-state index is 0.0108. The Labute approximate surface area is 155 Å². The van der Waals surface area contributed by atoms with Gasteiger partial charge >= 0.3 is 0 Å². The Balaban J connectivity index is 1.78. The molecule has 1 atom stereocenters. The van der Waals surface area contributed by atoms with Crippen LogP contribution in [-0.4, -0.2) is 39.4 Å². The van der Waals surface area contributed by atoms with Gasteiger partial charge in [0.2, 0.25) is 0 Å². The predicted molar refractivity (Wildman–Crippen MR) is 103 cm³/mol. The maximum absolute atomic E-state index is 12.7. The van der Waals surface area contributed by atoms with Gasteiger partial charge in [0.15, 0.2) is 0 Å². The van der Waals surface area contributed by atoms with Gasteiger partial charge in [0, 0.05) is 25.7 Å². The van der Waals surface area contributed by atoms with Crippen molar-refractivity contribution in [2.75, 3.05) is 24.4 Å². The van der Waals surface area contributed by atoms with Crippen molar-refractivity contribution in [3.8, 4) is 0 Å². The molecule has 0 spiro atoms. The molecule has 1 aliphatic rings. The third-order valence-electron chi connectivity index (χ3n) is 4.82. The summed E-state index contributed by atoms with van der Waals surface area (Å²) in [5.41, 5.74) is 1.12. The van der Waals surface area contributed by atoms with Crippen molar-refractivity contribution in [2.24, 2.45) is 5.92 Å². The number of nitrogens with zero attached hydrogens (tertiary/aromatic N) is 2. The maximum atomic E-state index is 12.7. The molecule has 1 fully saturated rings. The van der Waals surface area contributed by atoms with E-state index in [0.29, 0.717) is 17.2 Å². The molecule has 0 radical (unpaired) electrons. The zero-order valence-electron chi connectivity index (χ0n) is 15.1. The van der Waals surface area contributed by atoms with Crippen LogP contribution in [0.25, 0.3) is 0 Å². The number of carbonyl (C=O) groups is 1. The summed E-state index contributed by atoms with van der Waals surface area (Å²) >= 11 is 0. The number of likely N-dealkylation sites (tertiary alicyclic amines) is 1. The number of sulfonamides is 1. The molecular formula is C20H24N2O3S. The summed E-state index contributed by atoms with van der Waals surface area (Å²) in [5, 5.41) is 0. The van der Waals surface area contributed by atoms with Crippen LogP contribution in [0.1, 0.15) is 30.1 Å². The van der Waals surface area contributed by atoms with Gasteiger partial charge in [-0.2, -0.15) is 0 Å². The molecule has 0 aliphatic carbocycles. The van der Waals surface area contributed by atoms with E-state index in [0.717, 1.165) is 25.9 Å². The smallest absolute Gasteiger partial charge is 0.264 e. The molecule has 1 amide bonds. The second-order valence-corrected chi connectivity index (χ2v) is 8.80. The molecule has 1 saturated heterocycles. The first kappa shape index (κ1) is 18.5. The first-order valence-electron chi connectivity index (χ1n) is 8.83. The van der Waals surface area contributed by atoms with E-state index in [2.05, 4.69) is 6.92 Å². The van der Waals surface area contributed by atoms with E-state index in [-0.39, 0.29) is 10.8 Å². The number of benzene rings is 2. The van der Waals surface area contributed by atoms with Crippen LogP contribution in [0.3, 0.4) is 0 Å². The lowest BCUT2D eigenvalue weighted by Gasteiger charge is -2.31. The Morgan fingerprint density at radius 3 is 2.35 bits per heavy atom. The van der Waals surface area contributed by atoms with Crippen molar-refractivity contribution in [1.29, 1.82) is 0 Å². The zero-order valence-corrected chi connectivity index (χ0v) is 15.9. The number of hydrogen-bond acceptors (Lipinski definition) is 3. The van der Waals surface area contributed by atoms with Crippen molar-refractivity contribution in [1.82, 2.24) is 4.90 Å². The highest BCUT2D eigenvalue weighted by Crippen LogP contribution is 2.23. The average Bonchev–Trinajstić information content (AvgIpc) is 2.67. The Kier molecular flexibility index (Phi) is 5.32. The van der Waals surface area contributed by atoms with Crippen LogP contribution in [0.2, 0.25) is 0 Å². The molecule has 2 aromatic rings. The molecule has 0 unspecified atom stereocenters. The summed E-state index contributed by atoms with van der Waals surface area (Å²) in [5.74, 6) is 0.533. The number of rotatable bonds is 4. The number of carbonyl (C=O) groups excluding carboxylic acids is 1. The molecule has 0 aromatic heterocycles. The van der Waals surface area contributed by atoms with Gasteiger partial charge in [-0.15, -0.1) is 0 Å². The monoisotopic (exact) mass is 372 g/mol. The van der Waals surface area contributed by atoms with Crippen LogP contribution < -0.4 is 4.31 Å². The van der Waals surface area contributed by atoms with Crippen LogP contribution in [-0.2, 0) is 10.0 Å². The molecule has 0 saturated carbocycles. The molecule has 2 aromatic carbocycles. The summed E-state index contributed by atoms with van der Waals surface area (Å²) in [7, 11) is -2.10. The lowest BCUT2D eigenvalue weighted by molar-refractivity contribution is 0.0683. The summed E-state index contributed by atoms with van der Waals surface area (Å²) in [6.45, 7) is 3.72. The van der Waals surface area contributed by atoms with Crippen LogP contribution in [0.15, 0.2) is 59.5 Å². The molecule has 0 bridgehead atoms.